The van der Waals surface area contributed by atoms with Gasteiger partial charge in [-0.2, -0.15) is 0 Å². The highest BCUT2D eigenvalue weighted by Crippen LogP contribution is 2.37. The average Bonchev–Trinajstić information content (AvgIpc) is 2.48. The van der Waals surface area contributed by atoms with Gasteiger partial charge in [-0.3, -0.25) is 0 Å². The summed E-state index contributed by atoms with van der Waals surface area (Å²) in [6.45, 7) is 1.80. The first kappa shape index (κ1) is 7.43. The SMILES string of the molecule is Cc1c(O)c(O)cc2sccc12. The van der Waals surface area contributed by atoms with Gasteiger partial charge in [0.25, 0.3) is 0 Å². The Bertz CT molecular complexity index is 431. The summed E-state index contributed by atoms with van der Waals surface area (Å²) in [6, 6.07) is 3.52. The standard InChI is InChI=1S/C9H8O2S/c1-5-6-2-3-12-8(6)4-7(10)9(5)11/h2-4,10-11H,1H3. The molecule has 0 saturated carbocycles. The van der Waals surface area contributed by atoms with Gasteiger partial charge < -0.3 is 10.2 Å². The quantitative estimate of drug-likeness (QED) is 0.612. The first-order valence-electron chi connectivity index (χ1n) is 3.59. The molecule has 3 heteroatoms. The van der Waals surface area contributed by atoms with E-state index in [1.807, 2.05) is 11.4 Å². The molecule has 2 nitrogen and oxygen atoms in total. The number of aryl methyl sites for hydroxylation is 1. The summed E-state index contributed by atoms with van der Waals surface area (Å²) >= 11 is 1.55. The molecule has 1 aromatic carbocycles. The first-order valence-corrected chi connectivity index (χ1v) is 4.47. The Morgan fingerprint density at radius 2 is 2.08 bits per heavy atom. The molecule has 0 unspecified atom stereocenters. The average molecular weight is 180 g/mol. The molecule has 0 aliphatic heterocycles. The molecular weight excluding hydrogens is 172 g/mol. The Labute approximate surface area is 73.7 Å². The first-order chi connectivity index (χ1) is 5.70. The lowest BCUT2D eigenvalue weighted by Gasteiger charge is -2.02. The third-order valence-corrected chi connectivity index (χ3v) is 2.83. The summed E-state index contributed by atoms with van der Waals surface area (Å²) in [5.74, 6) is -0.0525. The van der Waals surface area contributed by atoms with Crippen LogP contribution in [0.25, 0.3) is 10.1 Å². The molecule has 2 rings (SSSR count). The number of thiophene rings is 1. The lowest BCUT2D eigenvalue weighted by molar-refractivity contribution is 0.402. The van der Waals surface area contributed by atoms with E-state index >= 15 is 0 Å². The largest absolute Gasteiger partial charge is 0.504 e. The van der Waals surface area contributed by atoms with E-state index in [0.29, 0.717) is 0 Å². The highest BCUT2D eigenvalue weighted by molar-refractivity contribution is 7.17. The Morgan fingerprint density at radius 3 is 2.83 bits per heavy atom. The summed E-state index contributed by atoms with van der Waals surface area (Å²) in [6.07, 6.45) is 0. The van der Waals surface area contributed by atoms with Gasteiger partial charge in [-0.15, -0.1) is 11.3 Å². The molecule has 0 amide bonds. The van der Waals surface area contributed by atoms with E-state index in [4.69, 9.17) is 0 Å². The Balaban J connectivity index is 2.94. The molecule has 0 aliphatic carbocycles. The monoisotopic (exact) mass is 180 g/mol. The number of benzene rings is 1. The van der Waals surface area contributed by atoms with Gasteiger partial charge >= 0.3 is 0 Å². The maximum absolute atomic E-state index is 9.38. The molecule has 0 aliphatic rings. The topological polar surface area (TPSA) is 40.5 Å². The van der Waals surface area contributed by atoms with Crippen molar-refractivity contribution >= 4 is 21.4 Å². The zero-order valence-corrected chi connectivity index (χ0v) is 7.35. The highest BCUT2D eigenvalue weighted by atomic mass is 32.1. The highest BCUT2D eigenvalue weighted by Gasteiger charge is 2.08. The summed E-state index contributed by atoms with van der Waals surface area (Å²) in [7, 11) is 0. The van der Waals surface area contributed by atoms with Crippen LogP contribution in [0.2, 0.25) is 0 Å². The third kappa shape index (κ3) is 0.865. The fourth-order valence-corrected chi connectivity index (χ4v) is 2.13. The number of hydrogen-bond acceptors (Lipinski definition) is 3. The van der Waals surface area contributed by atoms with Crippen molar-refractivity contribution in [2.75, 3.05) is 0 Å². The fraction of sp³-hybridized carbons (Fsp3) is 0.111. The van der Waals surface area contributed by atoms with Crippen molar-refractivity contribution in [1.82, 2.24) is 0 Å². The molecule has 1 heterocycles. The predicted octanol–water partition coefficient (Wildman–Crippen LogP) is 2.62. The van der Waals surface area contributed by atoms with Crippen LogP contribution in [-0.2, 0) is 0 Å². The molecule has 62 valence electrons. The van der Waals surface area contributed by atoms with Crippen LogP contribution in [0.5, 0.6) is 11.5 Å². The van der Waals surface area contributed by atoms with Crippen molar-refractivity contribution in [2.24, 2.45) is 0 Å². The van der Waals surface area contributed by atoms with E-state index in [2.05, 4.69) is 0 Å². The van der Waals surface area contributed by atoms with Crippen LogP contribution in [-0.4, -0.2) is 10.2 Å². The van der Waals surface area contributed by atoms with Gasteiger partial charge in [0.15, 0.2) is 11.5 Å². The predicted molar refractivity (Wildman–Crippen MR) is 49.9 cm³/mol. The normalized spacial score (nSPS) is 10.8. The van der Waals surface area contributed by atoms with Gasteiger partial charge in [-0.05, 0) is 23.8 Å². The number of phenols is 2. The second-order valence-corrected chi connectivity index (χ2v) is 3.65. The minimum Gasteiger partial charge on any atom is -0.504 e. The summed E-state index contributed by atoms with van der Waals surface area (Å²) in [4.78, 5) is 0. The third-order valence-electron chi connectivity index (χ3n) is 1.96. The molecule has 0 atom stereocenters. The van der Waals surface area contributed by atoms with Crippen molar-refractivity contribution in [2.45, 2.75) is 6.92 Å². The van der Waals surface area contributed by atoms with Crippen LogP contribution in [0, 0.1) is 6.92 Å². The number of hydrogen-bond donors (Lipinski definition) is 2. The van der Waals surface area contributed by atoms with Crippen LogP contribution in [0.4, 0.5) is 0 Å². The molecule has 0 fully saturated rings. The molecule has 0 spiro atoms. The second-order valence-electron chi connectivity index (χ2n) is 2.70. The fourth-order valence-electron chi connectivity index (χ4n) is 1.25. The Hall–Kier alpha value is -1.22. The van der Waals surface area contributed by atoms with Crippen LogP contribution >= 0.6 is 11.3 Å². The second kappa shape index (κ2) is 2.38. The zero-order chi connectivity index (χ0) is 8.72. The smallest absolute Gasteiger partial charge is 0.161 e. The minimum absolute atomic E-state index is 0.0131. The lowest BCUT2D eigenvalue weighted by atomic mass is 10.1. The van der Waals surface area contributed by atoms with Gasteiger partial charge in [-0.25, -0.2) is 0 Å². The van der Waals surface area contributed by atoms with Gasteiger partial charge in [0.05, 0.1) is 0 Å². The van der Waals surface area contributed by atoms with Crippen molar-refractivity contribution in [3.63, 3.8) is 0 Å². The Kier molecular flexibility index (Phi) is 1.48. The molecule has 2 aromatic rings. The van der Waals surface area contributed by atoms with Crippen molar-refractivity contribution in [3.05, 3.63) is 23.1 Å². The van der Waals surface area contributed by atoms with Crippen molar-refractivity contribution < 1.29 is 10.2 Å². The number of aromatic hydroxyl groups is 2. The maximum Gasteiger partial charge on any atom is 0.161 e. The number of phenolic OH excluding ortho intramolecular Hbond substituents is 2. The lowest BCUT2D eigenvalue weighted by Crippen LogP contribution is -1.76. The molecular formula is C9H8O2S. The van der Waals surface area contributed by atoms with Crippen LogP contribution in [0.1, 0.15) is 5.56 Å². The summed E-state index contributed by atoms with van der Waals surface area (Å²) in [5.41, 5.74) is 0.742. The van der Waals surface area contributed by atoms with E-state index < -0.39 is 0 Å². The molecule has 1 aromatic heterocycles. The molecule has 0 bridgehead atoms. The van der Waals surface area contributed by atoms with Crippen molar-refractivity contribution in [3.8, 4) is 11.5 Å². The van der Waals surface area contributed by atoms with Gasteiger partial charge in [0.2, 0.25) is 0 Å². The van der Waals surface area contributed by atoms with Gasteiger partial charge in [-0.1, -0.05) is 0 Å². The Morgan fingerprint density at radius 1 is 1.33 bits per heavy atom. The summed E-state index contributed by atoms with van der Waals surface area (Å²) in [5, 5.41) is 21.6. The van der Waals surface area contributed by atoms with E-state index in [9.17, 15) is 10.2 Å². The summed E-state index contributed by atoms with van der Waals surface area (Å²) < 4.78 is 1.00. The van der Waals surface area contributed by atoms with E-state index in [-0.39, 0.29) is 11.5 Å². The molecule has 12 heavy (non-hydrogen) atoms. The van der Waals surface area contributed by atoms with Crippen LogP contribution in [0.3, 0.4) is 0 Å². The van der Waals surface area contributed by atoms with E-state index in [1.165, 1.54) is 0 Å². The van der Waals surface area contributed by atoms with Crippen LogP contribution < -0.4 is 0 Å². The van der Waals surface area contributed by atoms with Gasteiger partial charge in [0.1, 0.15) is 0 Å². The number of rotatable bonds is 0. The number of fused-ring (bicyclic) bond motifs is 1. The molecule has 2 N–H and O–H groups in total. The maximum atomic E-state index is 9.38. The van der Waals surface area contributed by atoms with E-state index in [1.54, 1.807) is 24.3 Å². The molecule has 0 radical (unpaired) electrons. The van der Waals surface area contributed by atoms with Gasteiger partial charge in [0, 0.05) is 16.3 Å². The van der Waals surface area contributed by atoms with E-state index in [0.717, 1.165) is 15.6 Å². The molecule has 0 saturated heterocycles. The van der Waals surface area contributed by atoms with Crippen molar-refractivity contribution in [1.29, 1.82) is 0 Å². The minimum atomic E-state index is -0.0394. The van der Waals surface area contributed by atoms with Crippen LogP contribution in [0.15, 0.2) is 17.5 Å². The zero-order valence-electron chi connectivity index (χ0n) is 6.53.